The zero-order valence-corrected chi connectivity index (χ0v) is 17.7. The third-order valence-electron chi connectivity index (χ3n) is 4.95. The van der Waals surface area contributed by atoms with Crippen LogP contribution in [0.25, 0.3) is 45.2 Å². The average Bonchev–Trinajstić information content (AvgIpc) is 3.51. The van der Waals surface area contributed by atoms with Gasteiger partial charge in [0.2, 0.25) is 0 Å². The molecule has 0 saturated heterocycles. The first-order valence-electron chi connectivity index (χ1n) is 9.73. The molecule has 0 fully saturated rings. The first kappa shape index (κ1) is 21.7. The lowest BCUT2D eigenvalue weighted by Gasteiger charge is -2.11. The second-order valence-corrected chi connectivity index (χ2v) is 7.56. The molecular formula is C23H12F4N4O2S. The van der Waals surface area contributed by atoms with E-state index in [9.17, 15) is 17.6 Å². The van der Waals surface area contributed by atoms with E-state index in [1.54, 1.807) is 24.3 Å². The predicted molar refractivity (Wildman–Crippen MR) is 116 cm³/mol. The van der Waals surface area contributed by atoms with Crippen molar-refractivity contribution in [2.45, 2.75) is 6.18 Å². The van der Waals surface area contributed by atoms with Gasteiger partial charge < -0.3 is 8.94 Å². The Morgan fingerprint density at radius 3 is 2.38 bits per heavy atom. The summed E-state index contributed by atoms with van der Waals surface area (Å²) in [5.41, 5.74) is 1.04. The highest BCUT2D eigenvalue weighted by atomic mass is 32.1. The zero-order chi connectivity index (χ0) is 23.9. The molecule has 0 aliphatic heterocycles. The van der Waals surface area contributed by atoms with E-state index >= 15 is 0 Å². The van der Waals surface area contributed by atoms with Crippen molar-refractivity contribution in [3.05, 3.63) is 83.5 Å². The normalized spacial score (nSPS) is 11.6. The highest BCUT2D eigenvalue weighted by Crippen LogP contribution is 2.34. The van der Waals surface area contributed by atoms with Gasteiger partial charge in [-0.15, -0.1) is 0 Å². The predicted octanol–water partition coefficient (Wildman–Crippen LogP) is 6.94. The van der Waals surface area contributed by atoms with Gasteiger partial charge in [-0.2, -0.15) is 13.2 Å². The number of benzene rings is 2. The van der Waals surface area contributed by atoms with E-state index in [0.29, 0.717) is 22.3 Å². The second kappa shape index (κ2) is 8.34. The molecule has 0 aliphatic carbocycles. The minimum Gasteiger partial charge on any atom is -0.472 e. The van der Waals surface area contributed by atoms with Crippen LogP contribution >= 0.6 is 12.2 Å². The van der Waals surface area contributed by atoms with Gasteiger partial charge in [-0.3, -0.25) is 4.98 Å². The number of rotatable bonds is 4. The maximum Gasteiger partial charge on any atom is 0.433 e. The van der Waals surface area contributed by atoms with Crippen molar-refractivity contribution < 1.29 is 26.5 Å². The van der Waals surface area contributed by atoms with Crippen molar-refractivity contribution >= 4 is 12.2 Å². The molecule has 3 heterocycles. The van der Waals surface area contributed by atoms with Crippen LogP contribution in [0.15, 0.2) is 76.1 Å². The quantitative estimate of drug-likeness (QED) is 0.220. The maximum atomic E-state index is 14.4. The maximum absolute atomic E-state index is 14.4. The number of H-pyrrole nitrogens is 1. The van der Waals surface area contributed by atoms with Crippen LogP contribution in [0.2, 0.25) is 0 Å². The van der Waals surface area contributed by atoms with Gasteiger partial charge in [-0.25, -0.2) is 14.4 Å². The zero-order valence-electron chi connectivity index (χ0n) is 16.9. The van der Waals surface area contributed by atoms with Crippen LogP contribution in [0.5, 0.6) is 0 Å². The van der Waals surface area contributed by atoms with Gasteiger partial charge in [-0.05, 0) is 53.7 Å². The Labute approximate surface area is 193 Å². The fourth-order valence-electron chi connectivity index (χ4n) is 3.35. The van der Waals surface area contributed by atoms with E-state index in [2.05, 4.69) is 20.1 Å². The Morgan fingerprint density at radius 1 is 0.882 bits per heavy atom. The highest BCUT2D eigenvalue weighted by molar-refractivity contribution is 7.71. The van der Waals surface area contributed by atoms with Crippen LogP contribution in [-0.4, -0.2) is 20.1 Å². The average molecular weight is 484 g/mol. The minimum atomic E-state index is -4.67. The van der Waals surface area contributed by atoms with Crippen molar-refractivity contribution in [3.8, 4) is 45.2 Å². The molecule has 0 spiro atoms. The molecule has 170 valence electrons. The van der Waals surface area contributed by atoms with E-state index in [1.165, 1.54) is 36.8 Å². The highest BCUT2D eigenvalue weighted by Gasteiger charge is 2.34. The van der Waals surface area contributed by atoms with E-state index in [0.717, 1.165) is 6.07 Å². The van der Waals surface area contributed by atoms with Crippen molar-refractivity contribution in [1.82, 2.24) is 20.1 Å². The molecule has 6 nitrogen and oxygen atoms in total. The lowest BCUT2D eigenvalue weighted by atomic mass is 10.00. The Hall–Kier alpha value is -4.12. The fraction of sp³-hybridized carbons (Fsp3) is 0.0435. The summed E-state index contributed by atoms with van der Waals surface area (Å²) in [6.45, 7) is 0. The van der Waals surface area contributed by atoms with Crippen molar-refractivity contribution in [1.29, 1.82) is 0 Å². The molecule has 11 heteroatoms. The molecule has 0 radical (unpaired) electrons. The summed E-state index contributed by atoms with van der Waals surface area (Å²) in [6.07, 6.45) is -2.02. The second-order valence-electron chi connectivity index (χ2n) is 7.19. The van der Waals surface area contributed by atoms with E-state index in [4.69, 9.17) is 21.2 Å². The molecule has 0 saturated carbocycles. The number of hydrogen-bond donors (Lipinski definition) is 1. The van der Waals surface area contributed by atoms with Crippen LogP contribution in [-0.2, 0) is 6.18 Å². The Morgan fingerprint density at radius 2 is 1.68 bits per heavy atom. The standard InChI is InChI=1S/C23H12F4N4O2S/c24-17-5-4-13(9-16(17)21-30-22(34)33-31-21)12-2-1-3-14(8-12)20-28-18(15-6-7-32-11-15)10-19(29-20)23(25,26)27/h1-11H,(H,30,31,34). The van der Waals surface area contributed by atoms with Gasteiger partial charge in [0.15, 0.2) is 11.6 Å². The molecule has 0 amide bonds. The lowest BCUT2D eigenvalue weighted by Crippen LogP contribution is -2.10. The largest absolute Gasteiger partial charge is 0.472 e. The molecule has 0 unspecified atom stereocenters. The van der Waals surface area contributed by atoms with Gasteiger partial charge >= 0.3 is 6.18 Å². The Bertz CT molecular complexity index is 1540. The first-order chi connectivity index (χ1) is 16.3. The van der Waals surface area contributed by atoms with Crippen molar-refractivity contribution in [2.24, 2.45) is 0 Å². The van der Waals surface area contributed by atoms with E-state index in [-0.39, 0.29) is 27.7 Å². The molecular weight excluding hydrogens is 472 g/mol. The van der Waals surface area contributed by atoms with E-state index in [1.807, 2.05) is 0 Å². The number of alkyl halides is 3. The van der Waals surface area contributed by atoms with Gasteiger partial charge in [0, 0.05) is 11.1 Å². The van der Waals surface area contributed by atoms with Gasteiger partial charge in [0.25, 0.3) is 4.84 Å². The molecule has 0 bridgehead atoms. The SMILES string of the molecule is Fc1ccc(-c2cccc(-c3nc(-c4ccoc4)cc(C(F)(F)F)n3)c2)cc1-c1noc(=S)[nH]1. The number of hydrogen-bond acceptors (Lipinski definition) is 6. The number of nitrogens with one attached hydrogen (secondary N) is 1. The number of aromatic amines is 1. The molecule has 1 N–H and O–H groups in total. The van der Waals surface area contributed by atoms with Crippen molar-refractivity contribution in [2.75, 3.05) is 0 Å². The number of aromatic nitrogens is 4. The summed E-state index contributed by atoms with van der Waals surface area (Å²) in [6, 6.07) is 13.3. The summed E-state index contributed by atoms with van der Waals surface area (Å²) in [5, 5.41) is 3.70. The van der Waals surface area contributed by atoms with Gasteiger partial charge in [0.1, 0.15) is 11.5 Å². The first-order valence-corrected chi connectivity index (χ1v) is 10.1. The van der Waals surface area contributed by atoms with E-state index < -0.39 is 17.7 Å². The summed E-state index contributed by atoms with van der Waals surface area (Å²) >= 11 is 4.84. The van der Waals surface area contributed by atoms with Crippen LogP contribution < -0.4 is 0 Å². The molecule has 5 rings (SSSR count). The summed E-state index contributed by atoms with van der Waals surface area (Å²) in [7, 11) is 0. The molecule has 5 aromatic rings. The van der Waals surface area contributed by atoms with Crippen LogP contribution in [0, 0.1) is 10.7 Å². The molecule has 3 aromatic heterocycles. The monoisotopic (exact) mass is 484 g/mol. The summed E-state index contributed by atoms with van der Waals surface area (Å²) in [4.78, 5) is 10.7. The number of furan rings is 1. The lowest BCUT2D eigenvalue weighted by molar-refractivity contribution is -0.141. The molecule has 34 heavy (non-hydrogen) atoms. The van der Waals surface area contributed by atoms with Crippen LogP contribution in [0.3, 0.4) is 0 Å². The van der Waals surface area contributed by atoms with Gasteiger partial charge in [0.05, 0.1) is 23.8 Å². The smallest absolute Gasteiger partial charge is 0.433 e. The van der Waals surface area contributed by atoms with Gasteiger partial charge in [-0.1, -0.05) is 29.4 Å². The Kier molecular flexibility index (Phi) is 5.33. The van der Waals surface area contributed by atoms with Crippen LogP contribution in [0.1, 0.15) is 5.69 Å². The summed E-state index contributed by atoms with van der Waals surface area (Å²) in [5.74, 6) is -0.548. The fourth-order valence-corrected chi connectivity index (χ4v) is 3.48. The minimum absolute atomic E-state index is 0.00285. The van der Waals surface area contributed by atoms with Crippen molar-refractivity contribution in [3.63, 3.8) is 0 Å². The third kappa shape index (κ3) is 4.25. The number of nitrogens with zero attached hydrogens (tertiary/aromatic N) is 3. The van der Waals surface area contributed by atoms with Crippen LogP contribution in [0.4, 0.5) is 17.6 Å². The molecule has 0 atom stereocenters. The summed E-state index contributed by atoms with van der Waals surface area (Å²) < 4.78 is 64.7. The Balaban J connectivity index is 1.61. The molecule has 0 aliphatic rings. The topological polar surface area (TPSA) is 80.7 Å². The molecule has 2 aromatic carbocycles. The third-order valence-corrected chi connectivity index (χ3v) is 5.13. The number of halogens is 4.